The molecule has 0 aromatic carbocycles. The summed E-state index contributed by atoms with van der Waals surface area (Å²) in [5.74, 6) is 0. The van der Waals surface area contributed by atoms with Crippen LogP contribution in [0.25, 0.3) is 0 Å². The zero-order valence-electron chi connectivity index (χ0n) is 13.0. The van der Waals surface area contributed by atoms with E-state index in [1.54, 1.807) is 0 Å². The summed E-state index contributed by atoms with van der Waals surface area (Å²) >= 11 is 3.50. The van der Waals surface area contributed by atoms with Crippen molar-refractivity contribution in [2.75, 3.05) is 18.4 Å². The average molecular weight is 332 g/mol. The van der Waals surface area contributed by atoms with Crippen LogP contribution in [0, 0.1) is 0 Å². The third kappa shape index (κ3) is 8.34. The van der Waals surface area contributed by atoms with Gasteiger partial charge < -0.3 is 4.90 Å². The van der Waals surface area contributed by atoms with Crippen LogP contribution in [0.1, 0.15) is 84.0 Å². The van der Waals surface area contributed by atoms with E-state index in [1.807, 2.05) is 0 Å². The van der Waals surface area contributed by atoms with Crippen molar-refractivity contribution in [3.63, 3.8) is 0 Å². The van der Waals surface area contributed by atoms with Crippen LogP contribution >= 0.6 is 15.9 Å². The predicted molar refractivity (Wildman–Crippen MR) is 90.2 cm³/mol. The summed E-state index contributed by atoms with van der Waals surface area (Å²) in [5, 5.41) is 1.18. The molecule has 0 N–H and O–H groups in total. The molecule has 0 spiro atoms. The fourth-order valence-corrected chi connectivity index (χ4v) is 3.73. The first-order chi connectivity index (χ1) is 9.38. The highest BCUT2D eigenvalue weighted by Gasteiger charge is 2.18. The van der Waals surface area contributed by atoms with Gasteiger partial charge in [-0.1, -0.05) is 74.2 Å². The van der Waals surface area contributed by atoms with Gasteiger partial charge in [-0.2, -0.15) is 0 Å². The van der Waals surface area contributed by atoms with Gasteiger partial charge in [0, 0.05) is 11.4 Å². The highest BCUT2D eigenvalue weighted by atomic mass is 79.9. The Morgan fingerprint density at radius 1 is 0.842 bits per heavy atom. The van der Waals surface area contributed by atoms with Gasteiger partial charge in [0.1, 0.15) is 0 Å². The molecule has 1 saturated carbocycles. The Hall–Kier alpha value is 0.440. The van der Waals surface area contributed by atoms with Crippen molar-refractivity contribution in [3.05, 3.63) is 0 Å². The summed E-state index contributed by atoms with van der Waals surface area (Å²) in [6.07, 6.45) is 17.3. The highest BCUT2D eigenvalue weighted by molar-refractivity contribution is 9.09. The van der Waals surface area contributed by atoms with Gasteiger partial charge in [-0.3, -0.25) is 0 Å². The predicted octanol–water partition coefficient (Wildman–Crippen LogP) is 5.77. The van der Waals surface area contributed by atoms with Crippen molar-refractivity contribution in [2.45, 2.75) is 90.0 Å². The Morgan fingerprint density at radius 3 is 2.00 bits per heavy atom. The summed E-state index contributed by atoms with van der Waals surface area (Å²) in [4.78, 5) is 2.75. The van der Waals surface area contributed by atoms with Crippen LogP contribution in [0.5, 0.6) is 0 Å². The summed E-state index contributed by atoms with van der Waals surface area (Å²) in [6, 6.07) is 0.915. The quantitative estimate of drug-likeness (QED) is 0.343. The third-order valence-corrected chi connectivity index (χ3v) is 5.14. The van der Waals surface area contributed by atoms with Crippen LogP contribution in [0.3, 0.4) is 0 Å². The van der Waals surface area contributed by atoms with Crippen LogP contribution < -0.4 is 0 Å². The van der Waals surface area contributed by atoms with Crippen molar-refractivity contribution in [1.29, 1.82) is 0 Å². The maximum atomic E-state index is 3.50. The Morgan fingerprint density at radius 2 is 1.42 bits per heavy atom. The smallest absolute Gasteiger partial charge is 0.00951 e. The first kappa shape index (κ1) is 17.5. The first-order valence-corrected chi connectivity index (χ1v) is 9.80. The standard InChI is InChI=1S/C17H34BrN/c1-2-19(17-13-9-8-10-14-17)16-12-7-5-3-4-6-11-15-18/h17H,2-16H2,1H3. The molecule has 0 saturated heterocycles. The van der Waals surface area contributed by atoms with Gasteiger partial charge in [-0.15, -0.1) is 0 Å². The molecule has 0 aromatic rings. The van der Waals surface area contributed by atoms with E-state index in [1.165, 1.54) is 95.5 Å². The third-order valence-electron chi connectivity index (χ3n) is 4.58. The summed E-state index contributed by atoms with van der Waals surface area (Å²) in [7, 11) is 0. The highest BCUT2D eigenvalue weighted by Crippen LogP contribution is 2.22. The topological polar surface area (TPSA) is 3.24 Å². The summed E-state index contributed by atoms with van der Waals surface area (Å²) in [6.45, 7) is 4.95. The van der Waals surface area contributed by atoms with Gasteiger partial charge >= 0.3 is 0 Å². The molecule has 0 atom stereocenters. The number of nitrogens with zero attached hydrogens (tertiary/aromatic N) is 1. The molecule has 1 aliphatic carbocycles. The second-order valence-electron chi connectivity index (χ2n) is 6.08. The normalized spacial score (nSPS) is 17.2. The maximum Gasteiger partial charge on any atom is 0.00951 e. The molecule has 1 rings (SSSR count). The van der Waals surface area contributed by atoms with Gasteiger partial charge in [-0.05, 0) is 38.8 Å². The maximum absolute atomic E-state index is 3.50. The lowest BCUT2D eigenvalue weighted by atomic mass is 9.94. The molecule has 1 aliphatic rings. The van der Waals surface area contributed by atoms with Gasteiger partial charge in [0.05, 0.1) is 0 Å². The number of rotatable bonds is 11. The molecule has 1 nitrogen and oxygen atoms in total. The second kappa shape index (κ2) is 12.2. The van der Waals surface area contributed by atoms with Crippen molar-refractivity contribution < 1.29 is 0 Å². The van der Waals surface area contributed by atoms with Crippen molar-refractivity contribution in [2.24, 2.45) is 0 Å². The Balaban J connectivity index is 1.96. The number of alkyl halides is 1. The Labute approximate surface area is 129 Å². The Kier molecular flexibility index (Phi) is 11.2. The number of hydrogen-bond donors (Lipinski definition) is 0. The van der Waals surface area contributed by atoms with Crippen molar-refractivity contribution >= 4 is 15.9 Å². The van der Waals surface area contributed by atoms with E-state index >= 15 is 0 Å². The van der Waals surface area contributed by atoms with Gasteiger partial charge in [0.25, 0.3) is 0 Å². The van der Waals surface area contributed by atoms with Gasteiger partial charge in [0.2, 0.25) is 0 Å². The second-order valence-corrected chi connectivity index (χ2v) is 6.88. The van der Waals surface area contributed by atoms with E-state index in [0.717, 1.165) is 6.04 Å². The molecule has 0 amide bonds. The summed E-state index contributed by atoms with van der Waals surface area (Å²) in [5.41, 5.74) is 0. The van der Waals surface area contributed by atoms with Gasteiger partial charge in [-0.25, -0.2) is 0 Å². The summed E-state index contributed by atoms with van der Waals surface area (Å²) < 4.78 is 0. The van der Waals surface area contributed by atoms with Crippen LogP contribution in [-0.4, -0.2) is 29.4 Å². The fraction of sp³-hybridized carbons (Fsp3) is 1.00. The lowest BCUT2D eigenvalue weighted by molar-refractivity contribution is 0.160. The molecule has 2 heteroatoms. The largest absolute Gasteiger partial charge is 0.301 e. The van der Waals surface area contributed by atoms with Crippen LogP contribution in [-0.2, 0) is 0 Å². The monoisotopic (exact) mass is 331 g/mol. The number of unbranched alkanes of at least 4 members (excludes halogenated alkanes) is 6. The van der Waals surface area contributed by atoms with E-state index in [0.29, 0.717) is 0 Å². The van der Waals surface area contributed by atoms with E-state index < -0.39 is 0 Å². The lowest BCUT2D eigenvalue weighted by Crippen LogP contribution is -2.37. The number of hydrogen-bond acceptors (Lipinski definition) is 1. The molecular formula is C17H34BrN. The lowest BCUT2D eigenvalue weighted by Gasteiger charge is -2.33. The average Bonchev–Trinajstić information content (AvgIpc) is 2.47. The minimum Gasteiger partial charge on any atom is -0.301 e. The SMILES string of the molecule is CCN(CCCCCCCCCBr)C1CCCCC1. The van der Waals surface area contributed by atoms with Crippen LogP contribution in [0.4, 0.5) is 0 Å². The molecule has 0 bridgehead atoms. The minimum absolute atomic E-state index is 0.915. The van der Waals surface area contributed by atoms with Crippen LogP contribution in [0.2, 0.25) is 0 Å². The van der Waals surface area contributed by atoms with Gasteiger partial charge in [0.15, 0.2) is 0 Å². The van der Waals surface area contributed by atoms with E-state index in [-0.39, 0.29) is 0 Å². The van der Waals surface area contributed by atoms with E-state index in [9.17, 15) is 0 Å². The van der Waals surface area contributed by atoms with Crippen LogP contribution in [0.15, 0.2) is 0 Å². The molecule has 19 heavy (non-hydrogen) atoms. The molecule has 0 aliphatic heterocycles. The molecule has 0 unspecified atom stereocenters. The fourth-order valence-electron chi connectivity index (χ4n) is 3.34. The zero-order valence-corrected chi connectivity index (χ0v) is 14.6. The van der Waals surface area contributed by atoms with Crippen molar-refractivity contribution in [1.82, 2.24) is 4.90 Å². The molecule has 1 fully saturated rings. The number of halogens is 1. The van der Waals surface area contributed by atoms with Crippen molar-refractivity contribution in [3.8, 4) is 0 Å². The first-order valence-electron chi connectivity index (χ1n) is 8.68. The molecular weight excluding hydrogens is 298 g/mol. The molecule has 0 radical (unpaired) electrons. The van der Waals surface area contributed by atoms with E-state index in [2.05, 4.69) is 27.8 Å². The molecule has 114 valence electrons. The minimum atomic E-state index is 0.915. The molecule has 0 aromatic heterocycles. The Bertz CT molecular complexity index is 190. The zero-order chi connectivity index (χ0) is 13.8. The van der Waals surface area contributed by atoms with E-state index in [4.69, 9.17) is 0 Å². The molecule has 0 heterocycles.